The minimum absolute atomic E-state index is 0.0998. The van der Waals surface area contributed by atoms with Crippen LogP contribution < -0.4 is 10.1 Å². The van der Waals surface area contributed by atoms with Crippen molar-refractivity contribution in [1.29, 1.82) is 0 Å². The standard InChI is InChI=1S/C22H27N3O3/c1-3-4-21(17-7-9-20(28-2)10-8-17)24-25(15-26)14-22(27)23-13-19-12-16-5-6-18(19)11-16/h3-10,15-16,18-19H,11-14H2,1-2H3,(H,23,27)/b4-3-,24-21+. The summed E-state index contributed by atoms with van der Waals surface area (Å²) in [6, 6.07) is 7.39. The van der Waals surface area contributed by atoms with Gasteiger partial charge in [-0.1, -0.05) is 18.2 Å². The van der Waals surface area contributed by atoms with Gasteiger partial charge in [-0.15, -0.1) is 0 Å². The predicted molar refractivity (Wildman–Crippen MR) is 109 cm³/mol. The molecule has 0 radical (unpaired) electrons. The maximum atomic E-state index is 12.3. The number of rotatable bonds is 9. The first kappa shape index (κ1) is 19.9. The molecule has 0 aromatic heterocycles. The van der Waals surface area contributed by atoms with E-state index in [1.807, 2.05) is 37.3 Å². The summed E-state index contributed by atoms with van der Waals surface area (Å²) in [6.45, 7) is 2.43. The summed E-state index contributed by atoms with van der Waals surface area (Å²) in [4.78, 5) is 23.8. The van der Waals surface area contributed by atoms with E-state index >= 15 is 0 Å². The summed E-state index contributed by atoms with van der Waals surface area (Å²) >= 11 is 0. The lowest BCUT2D eigenvalue weighted by Gasteiger charge is -2.19. The number of hydrogen-bond donors (Lipinski definition) is 1. The van der Waals surface area contributed by atoms with Gasteiger partial charge >= 0.3 is 0 Å². The van der Waals surface area contributed by atoms with Crippen LogP contribution in [0.3, 0.4) is 0 Å². The summed E-state index contributed by atoms with van der Waals surface area (Å²) in [5.74, 6) is 2.31. The van der Waals surface area contributed by atoms with Crippen molar-refractivity contribution in [3.05, 3.63) is 54.1 Å². The Morgan fingerprint density at radius 3 is 2.64 bits per heavy atom. The third-order valence-corrected chi connectivity index (χ3v) is 5.35. The van der Waals surface area contributed by atoms with Crippen molar-refractivity contribution in [2.24, 2.45) is 22.9 Å². The smallest absolute Gasteiger partial charge is 0.241 e. The van der Waals surface area contributed by atoms with E-state index in [1.54, 1.807) is 13.2 Å². The topological polar surface area (TPSA) is 71.0 Å². The van der Waals surface area contributed by atoms with Crippen LogP contribution in [0, 0.1) is 17.8 Å². The highest BCUT2D eigenvalue weighted by atomic mass is 16.5. The molecule has 2 aliphatic rings. The van der Waals surface area contributed by atoms with Gasteiger partial charge in [-0.05, 0) is 67.9 Å². The third-order valence-electron chi connectivity index (χ3n) is 5.35. The number of nitrogens with one attached hydrogen (secondary N) is 1. The van der Waals surface area contributed by atoms with Crippen molar-refractivity contribution >= 4 is 18.0 Å². The molecule has 1 N–H and O–H groups in total. The highest BCUT2D eigenvalue weighted by Crippen LogP contribution is 2.42. The second-order valence-corrected chi connectivity index (χ2v) is 7.26. The van der Waals surface area contributed by atoms with Crippen LogP contribution in [0.1, 0.15) is 25.3 Å². The number of benzene rings is 1. The average molecular weight is 381 g/mol. The zero-order valence-corrected chi connectivity index (χ0v) is 16.4. The van der Waals surface area contributed by atoms with E-state index in [4.69, 9.17) is 4.74 Å². The van der Waals surface area contributed by atoms with Gasteiger partial charge in [0, 0.05) is 12.1 Å². The fourth-order valence-corrected chi connectivity index (χ4v) is 3.92. The van der Waals surface area contributed by atoms with Crippen molar-refractivity contribution in [1.82, 2.24) is 10.3 Å². The molecule has 0 heterocycles. The molecule has 6 nitrogen and oxygen atoms in total. The van der Waals surface area contributed by atoms with Crippen molar-refractivity contribution in [2.45, 2.75) is 19.8 Å². The Hall–Kier alpha value is -2.89. The van der Waals surface area contributed by atoms with Crippen LogP contribution in [0.4, 0.5) is 0 Å². The SMILES string of the molecule is C/C=C\C(=N/N(C=O)CC(=O)NCC1CC2C=CC1C2)c1ccc(OC)cc1. The highest BCUT2D eigenvalue weighted by molar-refractivity contribution is 6.08. The first-order valence-corrected chi connectivity index (χ1v) is 9.65. The lowest BCUT2D eigenvalue weighted by atomic mass is 9.94. The number of fused-ring (bicyclic) bond motifs is 2. The average Bonchev–Trinajstić information content (AvgIpc) is 3.34. The molecule has 3 rings (SSSR count). The second-order valence-electron chi connectivity index (χ2n) is 7.26. The van der Waals surface area contributed by atoms with Crippen LogP contribution in [0.15, 0.2) is 53.7 Å². The lowest BCUT2D eigenvalue weighted by Crippen LogP contribution is -2.37. The van der Waals surface area contributed by atoms with E-state index in [0.29, 0.717) is 36.4 Å². The monoisotopic (exact) mass is 381 g/mol. The molecule has 1 saturated carbocycles. The number of nitrogens with zero attached hydrogens (tertiary/aromatic N) is 2. The van der Waals surface area contributed by atoms with E-state index in [0.717, 1.165) is 22.7 Å². The maximum Gasteiger partial charge on any atom is 0.241 e. The third kappa shape index (κ3) is 4.88. The molecule has 1 aromatic rings. The lowest BCUT2D eigenvalue weighted by molar-refractivity contribution is -0.128. The van der Waals surface area contributed by atoms with E-state index in [9.17, 15) is 9.59 Å². The molecule has 28 heavy (non-hydrogen) atoms. The zero-order valence-electron chi connectivity index (χ0n) is 16.4. The molecule has 1 fully saturated rings. The molecule has 2 bridgehead atoms. The first-order valence-electron chi connectivity index (χ1n) is 9.65. The molecule has 0 spiro atoms. The van der Waals surface area contributed by atoms with Gasteiger partial charge in [-0.2, -0.15) is 5.10 Å². The maximum absolute atomic E-state index is 12.3. The van der Waals surface area contributed by atoms with Crippen molar-refractivity contribution in [3.8, 4) is 5.75 Å². The Labute approximate surface area is 165 Å². The van der Waals surface area contributed by atoms with Gasteiger partial charge in [0.05, 0.1) is 12.8 Å². The minimum Gasteiger partial charge on any atom is -0.497 e. The van der Waals surface area contributed by atoms with E-state index < -0.39 is 0 Å². The van der Waals surface area contributed by atoms with Crippen molar-refractivity contribution in [3.63, 3.8) is 0 Å². The van der Waals surface area contributed by atoms with Gasteiger partial charge in [0.1, 0.15) is 12.3 Å². The van der Waals surface area contributed by atoms with Crippen LogP contribution in [0.2, 0.25) is 0 Å². The molecule has 3 unspecified atom stereocenters. The number of allylic oxidation sites excluding steroid dienone is 4. The summed E-state index contributed by atoms with van der Waals surface area (Å²) in [7, 11) is 1.61. The van der Waals surface area contributed by atoms with Gasteiger partial charge in [0.2, 0.25) is 12.3 Å². The second kappa shape index (κ2) is 9.35. The van der Waals surface area contributed by atoms with Gasteiger partial charge < -0.3 is 10.1 Å². The summed E-state index contributed by atoms with van der Waals surface area (Å²) < 4.78 is 5.17. The quantitative estimate of drug-likeness (QED) is 0.309. The number of hydrazone groups is 1. The molecule has 2 aliphatic carbocycles. The molecular formula is C22H27N3O3. The number of hydrogen-bond acceptors (Lipinski definition) is 4. The normalized spacial score (nSPS) is 23.2. The Balaban J connectivity index is 1.60. The van der Waals surface area contributed by atoms with Gasteiger partial charge in [-0.3, -0.25) is 9.59 Å². The Morgan fingerprint density at radius 2 is 2.07 bits per heavy atom. The van der Waals surface area contributed by atoms with Crippen LogP contribution in [0.25, 0.3) is 0 Å². The molecular weight excluding hydrogens is 354 g/mol. The van der Waals surface area contributed by atoms with Gasteiger partial charge in [0.15, 0.2) is 0 Å². The number of ether oxygens (including phenoxy) is 1. The van der Waals surface area contributed by atoms with E-state index in [-0.39, 0.29) is 12.5 Å². The van der Waals surface area contributed by atoms with Crippen molar-refractivity contribution in [2.75, 3.05) is 20.2 Å². The van der Waals surface area contributed by atoms with E-state index in [1.165, 1.54) is 6.42 Å². The van der Waals surface area contributed by atoms with Crippen LogP contribution in [-0.4, -0.2) is 43.2 Å². The summed E-state index contributed by atoms with van der Waals surface area (Å²) in [5.41, 5.74) is 1.43. The molecule has 1 aromatic carbocycles. The molecule has 148 valence electrons. The Bertz CT molecular complexity index is 783. The van der Waals surface area contributed by atoms with Gasteiger partial charge in [0.25, 0.3) is 0 Å². The Morgan fingerprint density at radius 1 is 1.29 bits per heavy atom. The van der Waals surface area contributed by atoms with Crippen LogP contribution in [0.5, 0.6) is 5.75 Å². The Kier molecular flexibility index (Phi) is 6.63. The molecule has 0 saturated heterocycles. The predicted octanol–water partition coefficient (Wildman–Crippen LogP) is 2.76. The first-order chi connectivity index (χ1) is 13.6. The molecule has 2 amide bonds. The number of carbonyl (C=O) groups is 2. The largest absolute Gasteiger partial charge is 0.497 e. The minimum atomic E-state index is -0.197. The number of amides is 2. The van der Waals surface area contributed by atoms with Crippen molar-refractivity contribution < 1.29 is 14.3 Å². The fourth-order valence-electron chi connectivity index (χ4n) is 3.92. The number of methoxy groups -OCH3 is 1. The number of carbonyl (C=O) groups excluding carboxylic acids is 2. The zero-order chi connectivity index (χ0) is 19.9. The van der Waals surface area contributed by atoms with E-state index in [2.05, 4.69) is 22.6 Å². The molecule has 6 heteroatoms. The molecule has 0 aliphatic heterocycles. The summed E-state index contributed by atoms with van der Waals surface area (Å²) in [6.07, 6.45) is 11.1. The van der Waals surface area contributed by atoms with Crippen LogP contribution in [-0.2, 0) is 9.59 Å². The van der Waals surface area contributed by atoms with Crippen LogP contribution >= 0.6 is 0 Å². The van der Waals surface area contributed by atoms with Gasteiger partial charge in [-0.25, -0.2) is 5.01 Å². The summed E-state index contributed by atoms with van der Waals surface area (Å²) in [5, 5.41) is 8.44. The fraction of sp³-hybridized carbons (Fsp3) is 0.409. The highest BCUT2D eigenvalue weighted by Gasteiger charge is 2.35. The molecule has 3 atom stereocenters.